The number of ether oxygens (including phenoxy) is 1. The first-order valence-electron chi connectivity index (χ1n) is 6.89. The van der Waals surface area contributed by atoms with Gasteiger partial charge in [0, 0.05) is 25.4 Å². The maximum atomic E-state index is 12.3. The van der Waals surface area contributed by atoms with Crippen LogP contribution in [0.25, 0.3) is 0 Å². The highest BCUT2D eigenvalue weighted by Crippen LogP contribution is 2.35. The van der Waals surface area contributed by atoms with Crippen molar-refractivity contribution >= 4 is 5.91 Å². The number of hydrogen-bond donors (Lipinski definition) is 0. The van der Waals surface area contributed by atoms with Crippen molar-refractivity contribution in [3.8, 4) is 5.88 Å². The summed E-state index contributed by atoms with van der Waals surface area (Å²) in [5.41, 5.74) is 0.617. The van der Waals surface area contributed by atoms with Gasteiger partial charge in [-0.3, -0.25) is 4.79 Å². The highest BCUT2D eigenvalue weighted by Gasteiger charge is 2.32. The van der Waals surface area contributed by atoms with Crippen molar-refractivity contribution < 1.29 is 9.53 Å². The Labute approximate surface area is 114 Å². The molecule has 0 bridgehead atoms. The van der Waals surface area contributed by atoms with E-state index in [0.29, 0.717) is 23.4 Å². The van der Waals surface area contributed by atoms with Gasteiger partial charge < -0.3 is 9.64 Å². The Balaban J connectivity index is 2.02. The van der Waals surface area contributed by atoms with Crippen LogP contribution in [-0.4, -0.2) is 35.0 Å². The number of amides is 1. The predicted octanol–water partition coefficient (Wildman–Crippen LogP) is 2.74. The molecule has 2 rings (SSSR count). The summed E-state index contributed by atoms with van der Waals surface area (Å²) in [4.78, 5) is 18.3. The van der Waals surface area contributed by atoms with Gasteiger partial charge in [-0.15, -0.1) is 0 Å². The quantitative estimate of drug-likeness (QED) is 0.819. The first-order chi connectivity index (χ1) is 8.99. The zero-order chi connectivity index (χ0) is 14.0. The maximum Gasteiger partial charge on any atom is 0.255 e. The minimum atomic E-state index is 0.0306. The molecule has 1 aromatic rings. The number of nitrogens with zero attached hydrogens (tertiary/aromatic N) is 2. The van der Waals surface area contributed by atoms with Gasteiger partial charge in [-0.05, 0) is 45.6 Å². The van der Waals surface area contributed by atoms with Crippen molar-refractivity contribution in [3.05, 3.63) is 23.9 Å². The van der Waals surface area contributed by atoms with Gasteiger partial charge in [0.05, 0.1) is 11.7 Å². The van der Waals surface area contributed by atoms with Crippen LogP contribution in [0.4, 0.5) is 0 Å². The molecular weight excluding hydrogens is 240 g/mol. The second-order valence-corrected chi connectivity index (χ2v) is 5.55. The molecule has 19 heavy (non-hydrogen) atoms. The van der Waals surface area contributed by atoms with E-state index in [1.54, 1.807) is 18.3 Å². The summed E-state index contributed by atoms with van der Waals surface area (Å²) in [5, 5.41) is 0. The monoisotopic (exact) mass is 262 g/mol. The lowest BCUT2D eigenvalue weighted by Crippen LogP contribution is -2.36. The Bertz CT molecular complexity index is 438. The molecular formula is C15H22N2O2. The van der Waals surface area contributed by atoms with Crippen LogP contribution >= 0.6 is 0 Å². The third-order valence-corrected chi connectivity index (χ3v) is 3.58. The molecule has 104 valence electrons. The lowest BCUT2D eigenvalue weighted by molar-refractivity contribution is 0.0727. The van der Waals surface area contributed by atoms with Crippen molar-refractivity contribution in [2.75, 3.05) is 7.05 Å². The topological polar surface area (TPSA) is 42.4 Å². The molecule has 0 aliphatic heterocycles. The minimum absolute atomic E-state index is 0.0306. The molecule has 0 saturated heterocycles. The van der Waals surface area contributed by atoms with Gasteiger partial charge in [0.2, 0.25) is 5.88 Å². The molecule has 1 atom stereocenters. The smallest absolute Gasteiger partial charge is 0.255 e. The van der Waals surface area contributed by atoms with Crippen LogP contribution in [0.15, 0.2) is 18.3 Å². The molecule has 1 heterocycles. The first-order valence-corrected chi connectivity index (χ1v) is 6.89. The summed E-state index contributed by atoms with van der Waals surface area (Å²) in [5.74, 6) is 1.26. The molecule has 1 amide bonds. The molecule has 1 fully saturated rings. The van der Waals surface area contributed by atoms with E-state index in [1.807, 2.05) is 25.8 Å². The summed E-state index contributed by atoms with van der Waals surface area (Å²) < 4.78 is 5.47. The second kappa shape index (κ2) is 5.59. The molecule has 4 heteroatoms. The number of carbonyl (C=O) groups excluding carboxylic acids is 1. The summed E-state index contributed by atoms with van der Waals surface area (Å²) in [6.45, 7) is 6.01. The van der Waals surface area contributed by atoms with Crippen molar-refractivity contribution in [1.29, 1.82) is 0 Å². The van der Waals surface area contributed by atoms with Gasteiger partial charge in [0.25, 0.3) is 5.91 Å². The number of aromatic nitrogens is 1. The molecule has 1 saturated carbocycles. The fourth-order valence-corrected chi connectivity index (χ4v) is 2.10. The standard InChI is InChI=1S/C15H22N2O2/c1-10(2)19-14-8-7-13(9-16-14)15(18)17(4)11(3)12-5-6-12/h7-12H,5-6H2,1-4H3/t11-/m0/s1. The SMILES string of the molecule is CC(C)Oc1ccc(C(=O)N(C)[C@@H](C)C2CC2)cn1. The summed E-state index contributed by atoms with van der Waals surface area (Å²) in [6.07, 6.45) is 4.15. The third kappa shape index (κ3) is 3.46. The number of hydrogen-bond acceptors (Lipinski definition) is 3. The molecule has 1 aromatic heterocycles. The molecule has 0 aromatic carbocycles. The summed E-state index contributed by atoms with van der Waals surface area (Å²) in [6, 6.07) is 3.84. The van der Waals surface area contributed by atoms with Crippen LogP contribution in [0.2, 0.25) is 0 Å². The van der Waals surface area contributed by atoms with Gasteiger partial charge in [0.15, 0.2) is 0 Å². The van der Waals surface area contributed by atoms with Crippen molar-refractivity contribution in [2.45, 2.75) is 45.8 Å². The summed E-state index contributed by atoms with van der Waals surface area (Å²) >= 11 is 0. The van der Waals surface area contributed by atoms with Crippen LogP contribution in [0, 0.1) is 5.92 Å². The van der Waals surface area contributed by atoms with Gasteiger partial charge in [-0.25, -0.2) is 4.98 Å². The van der Waals surface area contributed by atoms with Crippen molar-refractivity contribution in [2.24, 2.45) is 5.92 Å². The van der Waals surface area contributed by atoms with Gasteiger partial charge in [-0.1, -0.05) is 0 Å². The minimum Gasteiger partial charge on any atom is -0.475 e. The fraction of sp³-hybridized carbons (Fsp3) is 0.600. The van der Waals surface area contributed by atoms with Crippen LogP contribution in [0.5, 0.6) is 5.88 Å². The molecule has 0 unspecified atom stereocenters. The van der Waals surface area contributed by atoms with Crippen LogP contribution in [-0.2, 0) is 0 Å². The zero-order valence-corrected chi connectivity index (χ0v) is 12.1. The number of pyridine rings is 1. The maximum absolute atomic E-state index is 12.3. The number of rotatable bonds is 5. The Morgan fingerprint density at radius 3 is 2.53 bits per heavy atom. The highest BCUT2D eigenvalue weighted by atomic mass is 16.5. The first kappa shape index (κ1) is 13.8. The predicted molar refractivity (Wildman–Crippen MR) is 74.3 cm³/mol. The third-order valence-electron chi connectivity index (χ3n) is 3.58. The van der Waals surface area contributed by atoms with E-state index in [-0.39, 0.29) is 12.0 Å². The molecule has 4 nitrogen and oxygen atoms in total. The highest BCUT2D eigenvalue weighted by molar-refractivity contribution is 5.94. The van der Waals surface area contributed by atoms with E-state index in [0.717, 1.165) is 0 Å². The lowest BCUT2D eigenvalue weighted by Gasteiger charge is -2.24. The van der Waals surface area contributed by atoms with E-state index in [9.17, 15) is 4.79 Å². The van der Waals surface area contributed by atoms with Crippen LogP contribution < -0.4 is 4.74 Å². The Morgan fingerprint density at radius 2 is 2.05 bits per heavy atom. The Morgan fingerprint density at radius 1 is 1.37 bits per heavy atom. The molecule has 0 spiro atoms. The van der Waals surface area contributed by atoms with E-state index < -0.39 is 0 Å². The van der Waals surface area contributed by atoms with Gasteiger partial charge >= 0.3 is 0 Å². The summed E-state index contributed by atoms with van der Waals surface area (Å²) in [7, 11) is 1.86. The van der Waals surface area contributed by atoms with Crippen LogP contribution in [0.3, 0.4) is 0 Å². The molecule has 1 aliphatic rings. The largest absolute Gasteiger partial charge is 0.475 e. The van der Waals surface area contributed by atoms with Crippen LogP contribution in [0.1, 0.15) is 44.0 Å². The van der Waals surface area contributed by atoms with Crippen molar-refractivity contribution in [3.63, 3.8) is 0 Å². The van der Waals surface area contributed by atoms with E-state index in [1.165, 1.54) is 12.8 Å². The average molecular weight is 262 g/mol. The fourth-order valence-electron chi connectivity index (χ4n) is 2.10. The molecule has 0 N–H and O–H groups in total. The Kier molecular flexibility index (Phi) is 4.08. The van der Waals surface area contributed by atoms with E-state index >= 15 is 0 Å². The zero-order valence-electron chi connectivity index (χ0n) is 12.1. The van der Waals surface area contributed by atoms with E-state index in [2.05, 4.69) is 11.9 Å². The van der Waals surface area contributed by atoms with Gasteiger partial charge in [0.1, 0.15) is 0 Å². The molecule has 0 radical (unpaired) electrons. The molecule has 1 aliphatic carbocycles. The van der Waals surface area contributed by atoms with Gasteiger partial charge in [-0.2, -0.15) is 0 Å². The normalized spacial score (nSPS) is 16.3. The van der Waals surface area contributed by atoms with Crippen molar-refractivity contribution in [1.82, 2.24) is 9.88 Å². The van der Waals surface area contributed by atoms with E-state index in [4.69, 9.17) is 4.74 Å². The number of carbonyl (C=O) groups is 1. The Hall–Kier alpha value is -1.58. The lowest BCUT2D eigenvalue weighted by atomic mass is 10.1. The average Bonchev–Trinajstić information content (AvgIpc) is 3.20. The second-order valence-electron chi connectivity index (χ2n) is 5.55.